The van der Waals surface area contributed by atoms with Gasteiger partial charge >= 0.3 is 0 Å². The fourth-order valence-corrected chi connectivity index (χ4v) is 2.15. The maximum Gasteiger partial charge on any atom is 0.0717 e. The summed E-state index contributed by atoms with van der Waals surface area (Å²) < 4.78 is 0. The zero-order chi connectivity index (χ0) is 10.2. The summed E-state index contributed by atoms with van der Waals surface area (Å²) in [7, 11) is 0. The number of aliphatic hydroxyl groups is 1. The quantitative estimate of drug-likeness (QED) is 0.742. The lowest BCUT2D eigenvalue weighted by Gasteiger charge is -2.42. The second-order valence-corrected chi connectivity index (χ2v) is 4.56. The van der Waals surface area contributed by atoms with Crippen LogP contribution in [0.1, 0.15) is 24.0 Å². The summed E-state index contributed by atoms with van der Waals surface area (Å²) in [5, 5.41) is 10.0. The Bertz CT molecular complexity index is 312. The van der Waals surface area contributed by atoms with Gasteiger partial charge in [-0.15, -0.1) is 0 Å². The van der Waals surface area contributed by atoms with Crippen LogP contribution in [-0.2, 0) is 6.42 Å². The molecule has 2 heteroatoms. The Morgan fingerprint density at radius 3 is 2.43 bits per heavy atom. The van der Waals surface area contributed by atoms with Crippen molar-refractivity contribution in [2.24, 2.45) is 5.73 Å². The van der Waals surface area contributed by atoms with Crippen molar-refractivity contribution in [2.75, 3.05) is 0 Å². The minimum Gasteiger partial charge on any atom is -0.389 e. The Morgan fingerprint density at radius 1 is 1.36 bits per heavy atom. The molecule has 1 fully saturated rings. The van der Waals surface area contributed by atoms with Crippen LogP contribution in [0, 0.1) is 6.92 Å². The van der Waals surface area contributed by atoms with Crippen LogP contribution < -0.4 is 5.73 Å². The van der Waals surface area contributed by atoms with E-state index in [0.717, 1.165) is 19.3 Å². The highest BCUT2D eigenvalue weighted by Gasteiger charge is 2.40. The van der Waals surface area contributed by atoms with Crippen LogP contribution in [0.15, 0.2) is 24.3 Å². The third-order valence-corrected chi connectivity index (χ3v) is 2.94. The molecule has 0 bridgehead atoms. The van der Waals surface area contributed by atoms with Gasteiger partial charge in [0.25, 0.3) is 0 Å². The van der Waals surface area contributed by atoms with E-state index >= 15 is 0 Å². The summed E-state index contributed by atoms with van der Waals surface area (Å²) in [5.74, 6) is 0. The van der Waals surface area contributed by atoms with Crippen molar-refractivity contribution in [1.82, 2.24) is 0 Å². The molecule has 2 rings (SSSR count). The average Bonchev–Trinajstić information content (AvgIpc) is 2.07. The van der Waals surface area contributed by atoms with Gasteiger partial charge in [-0.1, -0.05) is 29.8 Å². The third kappa shape index (κ3) is 1.97. The number of benzene rings is 1. The normalized spacial score (nSPS) is 31.2. The molecule has 0 atom stereocenters. The molecule has 0 heterocycles. The molecule has 0 aliphatic heterocycles. The Kier molecular flexibility index (Phi) is 2.33. The Hall–Kier alpha value is -0.860. The van der Waals surface area contributed by atoms with E-state index in [1.54, 1.807) is 0 Å². The van der Waals surface area contributed by atoms with Gasteiger partial charge in [0.15, 0.2) is 0 Å². The summed E-state index contributed by atoms with van der Waals surface area (Å²) in [4.78, 5) is 0. The number of rotatable bonds is 2. The highest BCUT2D eigenvalue weighted by molar-refractivity contribution is 5.23. The first-order valence-electron chi connectivity index (χ1n) is 5.11. The van der Waals surface area contributed by atoms with Crippen molar-refractivity contribution in [2.45, 2.75) is 37.8 Å². The molecule has 1 aliphatic rings. The van der Waals surface area contributed by atoms with Gasteiger partial charge in [-0.2, -0.15) is 0 Å². The fourth-order valence-electron chi connectivity index (χ4n) is 2.15. The van der Waals surface area contributed by atoms with Crippen LogP contribution >= 0.6 is 0 Å². The highest BCUT2D eigenvalue weighted by Crippen LogP contribution is 2.33. The van der Waals surface area contributed by atoms with Gasteiger partial charge in [0, 0.05) is 12.5 Å². The molecular weight excluding hydrogens is 174 g/mol. The van der Waals surface area contributed by atoms with Crippen molar-refractivity contribution >= 4 is 0 Å². The molecule has 0 aromatic heterocycles. The Labute approximate surface area is 84.7 Å². The molecule has 1 aliphatic carbocycles. The van der Waals surface area contributed by atoms with Crippen molar-refractivity contribution in [3.63, 3.8) is 0 Å². The molecule has 0 spiro atoms. The van der Waals surface area contributed by atoms with Crippen molar-refractivity contribution in [1.29, 1.82) is 0 Å². The maximum absolute atomic E-state index is 10.0. The summed E-state index contributed by atoms with van der Waals surface area (Å²) in [6.07, 6.45) is 2.21. The molecule has 1 aromatic rings. The lowest BCUT2D eigenvalue weighted by molar-refractivity contribution is -0.0455. The van der Waals surface area contributed by atoms with Crippen LogP contribution in [0.3, 0.4) is 0 Å². The first kappa shape index (κ1) is 9.69. The molecule has 0 radical (unpaired) electrons. The average molecular weight is 191 g/mol. The molecule has 14 heavy (non-hydrogen) atoms. The van der Waals surface area contributed by atoms with Gasteiger partial charge in [0.05, 0.1) is 5.60 Å². The molecule has 0 unspecified atom stereocenters. The SMILES string of the molecule is Cc1ccc(CC2(O)CC(N)C2)cc1. The van der Waals surface area contributed by atoms with Gasteiger partial charge in [-0.25, -0.2) is 0 Å². The number of nitrogens with two attached hydrogens (primary N) is 1. The molecule has 76 valence electrons. The second kappa shape index (κ2) is 3.37. The maximum atomic E-state index is 10.0. The van der Waals surface area contributed by atoms with E-state index in [0.29, 0.717) is 0 Å². The van der Waals surface area contributed by atoms with E-state index in [1.165, 1.54) is 11.1 Å². The predicted octanol–water partition coefficient (Wildman–Crippen LogP) is 1.39. The van der Waals surface area contributed by atoms with E-state index < -0.39 is 5.60 Å². The molecular formula is C12H17NO. The Balaban J connectivity index is 2.01. The fraction of sp³-hybridized carbons (Fsp3) is 0.500. The standard InChI is InChI=1S/C12H17NO/c1-9-2-4-10(5-3-9)6-12(14)7-11(13)8-12/h2-5,11,14H,6-8,13H2,1H3. The van der Waals surface area contributed by atoms with Crippen LogP contribution in [0.5, 0.6) is 0 Å². The van der Waals surface area contributed by atoms with E-state index in [-0.39, 0.29) is 6.04 Å². The van der Waals surface area contributed by atoms with E-state index in [4.69, 9.17) is 5.73 Å². The van der Waals surface area contributed by atoms with Crippen LogP contribution in [0.25, 0.3) is 0 Å². The van der Waals surface area contributed by atoms with Gasteiger partial charge in [0.2, 0.25) is 0 Å². The lowest BCUT2D eigenvalue weighted by atomic mass is 9.73. The van der Waals surface area contributed by atoms with Gasteiger partial charge in [-0.3, -0.25) is 0 Å². The smallest absolute Gasteiger partial charge is 0.0717 e. The zero-order valence-electron chi connectivity index (χ0n) is 8.53. The topological polar surface area (TPSA) is 46.2 Å². The zero-order valence-corrected chi connectivity index (χ0v) is 8.53. The van der Waals surface area contributed by atoms with Crippen molar-refractivity contribution in [3.8, 4) is 0 Å². The first-order valence-corrected chi connectivity index (χ1v) is 5.11. The highest BCUT2D eigenvalue weighted by atomic mass is 16.3. The number of hydrogen-bond acceptors (Lipinski definition) is 2. The molecule has 0 amide bonds. The summed E-state index contributed by atoms with van der Waals surface area (Å²) in [6, 6.07) is 8.52. The van der Waals surface area contributed by atoms with E-state index in [9.17, 15) is 5.11 Å². The van der Waals surface area contributed by atoms with E-state index in [2.05, 4.69) is 31.2 Å². The van der Waals surface area contributed by atoms with Crippen molar-refractivity contribution in [3.05, 3.63) is 35.4 Å². The predicted molar refractivity (Wildman–Crippen MR) is 57.0 cm³/mol. The minimum atomic E-state index is -0.533. The minimum absolute atomic E-state index is 0.199. The second-order valence-electron chi connectivity index (χ2n) is 4.56. The lowest BCUT2D eigenvalue weighted by Crippen LogP contribution is -2.52. The number of hydrogen-bond donors (Lipinski definition) is 2. The molecule has 3 N–H and O–H groups in total. The van der Waals surface area contributed by atoms with Gasteiger partial charge in [0.1, 0.15) is 0 Å². The summed E-state index contributed by atoms with van der Waals surface area (Å²) >= 11 is 0. The van der Waals surface area contributed by atoms with Gasteiger partial charge in [-0.05, 0) is 25.3 Å². The monoisotopic (exact) mass is 191 g/mol. The molecule has 1 aromatic carbocycles. The van der Waals surface area contributed by atoms with Crippen LogP contribution in [0.2, 0.25) is 0 Å². The molecule has 1 saturated carbocycles. The third-order valence-electron chi connectivity index (χ3n) is 2.94. The first-order chi connectivity index (χ1) is 6.57. The van der Waals surface area contributed by atoms with E-state index in [1.807, 2.05) is 0 Å². The van der Waals surface area contributed by atoms with Crippen LogP contribution in [0.4, 0.5) is 0 Å². The largest absolute Gasteiger partial charge is 0.389 e. The van der Waals surface area contributed by atoms with Gasteiger partial charge < -0.3 is 10.8 Å². The van der Waals surface area contributed by atoms with Crippen molar-refractivity contribution < 1.29 is 5.11 Å². The summed E-state index contributed by atoms with van der Waals surface area (Å²) in [6.45, 7) is 2.07. The molecule has 2 nitrogen and oxygen atoms in total. The summed E-state index contributed by atoms with van der Waals surface area (Å²) in [5.41, 5.74) is 7.59. The number of aryl methyl sites for hydroxylation is 1. The van der Waals surface area contributed by atoms with Crippen LogP contribution in [-0.4, -0.2) is 16.7 Å². The Morgan fingerprint density at radius 2 is 1.93 bits per heavy atom. The molecule has 0 saturated heterocycles.